The van der Waals surface area contributed by atoms with Crippen LogP contribution in [-0.4, -0.2) is 53.5 Å². The first-order valence-corrected chi connectivity index (χ1v) is 12.5. The number of anilines is 1. The Labute approximate surface area is 178 Å². The van der Waals surface area contributed by atoms with Gasteiger partial charge in [-0.2, -0.15) is 5.10 Å². The van der Waals surface area contributed by atoms with Crippen LogP contribution in [0.3, 0.4) is 0 Å². The van der Waals surface area contributed by atoms with E-state index in [4.69, 9.17) is 0 Å². The fraction of sp³-hybridized carbons (Fsp3) is 0.400. The van der Waals surface area contributed by atoms with Gasteiger partial charge in [0, 0.05) is 23.8 Å². The van der Waals surface area contributed by atoms with E-state index in [2.05, 4.69) is 34.5 Å². The van der Waals surface area contributed by atoms with Gasteiger partial charge in [-0.3, -0.25) is 14.9 Å². The molecule has 8 nitrogen and oxygen atoms in total. The summed E-state index contributed by atoms with van der Waals surface area (Å²) >= 11 is 1.32. The fourth-order valence-electron chi connectivity index (χ4n) is 3.53. The minimum Gasteiger partial charge on any atom is -0.297 e. The van der Waals surface area contributed by atoms with E-state index in [1.165, 1.54) is 21.9 Å². The first-order chi connectivity index (χ1) is 14.3. The van der Waals surface area contributed by atoms with Gasteiger partial charge in [-0.05, 0) is 18.4 Å². The van der Waals surface area contributed by atoms with Crippen molar-refractivity contribution in [2.45, 2.75) is 38.6 Å². The molecule has 1 fully saturated rings. The summed E-state index contributed by atoms with van der Waals surface area (Å²) in [6, 6.07) is 7.62. The van der Waals surface area contributed by atoms with Crippen molar-refractivity contribution in [1.82, 2.24) is 9.99 Å². The zero-order valence-electron chi connectivity index (χ0n) is 16.5. The number of hydrazone groups is 1. The highest BCUT2D eigenvalue weighted by molar-refractivity contribution is 7.91. The summed E-state index contributed by atoms with van der Waals surface area (Å²) in [6.07, 6.45) is 1.67. The zero-order chi connectivity index (χ0) is 21.3. The minimum atomic E-state index is -3.15. The van der Waals surface area contributed by atoms with Gasteiger partial charge in [0.05, 0.1) is 23.2 Å². The van der Waals surface area contributed by atoms with Gasteiger partial charge in [0.2, 0.25) is 5.91 Å². The zero-order valence-corrected chi connectivity index (χ0v) is 18.1. The maximum atomic E-state index is 12.7. The molecule has 2 amide bonds. The van der Waals surface area contributed by atoms with Crippen molar-refractivity contribution in [3.8, 4) is 11.3 Å². The molecule has 30 heavy (non-hydrogen) atoms. The summed E-state index contributed by atoms with van der Waals surface area (Å²) < 4.78 is 23.5. The molecule has 2 aliphatic heterocycles. The van der Waals surface area contributed by atoms with Crippen LogP contribution in [0.15, 0.2) is 34.7 Å². The van der Waals surface area contributed by atoms with Crippen LogP contribution in [0.4, 0.5) is 5.13 Å². The lowest BCUT2D eigenvalue weighted by atomic mass is 10.1. The predicted octanol–water partition coefficient (Wildman–Crippen LogP) is 2.48. The summed E-state index contributed by atoms with van der Waals surface area (Å²) in [5.41, 5.74) is 3.20. The Morgan fingerprint density at radius 3 is 2.70 bits per heavy atom. The molecule has 2 aromatic rings. The Morgan fingerprint density at radius 2 is 2.03 bits per heavy atom. The van der Waals surface area contributed by atoms with Gasteiger partial charge < -0.3 is 0 Å². The Balaban J connectivity index is 1.46. The van der Waals surface area contributed by atoms with E-state index in [1.54, 1.807) is 0 Å². The highest BCUT2D eigenvalue weighted by Gasteiger charge is 2.37. The molecule has 1 saturated heterocycles. The summed E-state index contributed by atoms with van der Waals surface area (Å²) in [4.78, 5) is 29.3. The van der Waals surface area contributed by atoms with Gasteiger partial charge >= 0.3 is 0 Å². The quantitative estimate of drug-likeness (QED) is 0.759. The van der Waals surface area contributed by atoms with Crippen molar-refractivity contribution >= 4 is 43.8 Å². The smallest absolute Gasteiger partial charge is 0.273 e. The molecule has 1 atom stereocenters. The number of aryl methyl sites for hydroxylation is 1. The average molecular weight is 447 g/mol. The van der Waals surface area contributed by atoms with Gasteiger partial charge in [0.15, 0.2) is 15.0 Å². The lowest BCUT2D eigenvalue weighted by Crippen LogP contribution is -2.42. The molecule has 0 spiro atoms. The van der Waals surface area contributed by atoms with Gasteiger partial charge in [-0.1, -0.05) is 31.2 Å². The number of hydrogen-bond donors (Lipinski definition) is 1. The number of sulfone groups is 1. The summed E-state index contributed by atoms with van der Waals surface area (Å²) in [5, 5.41) is 10.4. The number of amides is 2. The Kier molecular flexibility index (Phi) is 5.70. The van der Waals surface area contributed by atoms with Crippen LogP contribution in [0.25, 0.3) is 11.3 Å². The SMILES string of the molecule is CCc1ccc(-c2csc(NC(=O)C3=NN(C4CCS(=O)(=O)C4)C(=O)CC3)n2)cc1. The number of carbonyl (C=O) groups is 2. The Hall–Kier alpha value is -2.59. The number of nitrogens with one attached hydrogen (secondary N) is 1. The molecule has 0 aliphatic carbocycles. The van der Waals surface area contributed by atoms with Crippen molar-refractivity contribution < 1.29 is 18.0 Å². The van der Waals surface area contributed by atoms with Gasteiger partial charge in [0.25, 0.3) is 5.91 Å². The molecule has 1 aromatic heterocycles. The summed E-state index contributed by atoms with van der Waals surface area (Å²) in [6.45, 7) is 2.10. The highest BCUT2D eigenvalue weighted by Crippen LogP contribution is 2.26. The number of hydrogen-bond acceptors (Lipinski definition) is 7. The van der Waals surface area contributed by atoms with Crippen molar-refractivity contribution in [2.75, 3.05) is 16.8 Å². The van der Waals surface area contributed by atoms with Crippen LogP contribution < -0.4 is 5.32 Å². The molecule has 0 bridgehead atoms. The number of aromatic nitrogens is 1. The molecule has 0 radical (unpaired) electrons. The molecule has 158 valence electrons. The molecule has 4 rings (SSSR count). The summed E-state index contributed by atoms with van der Waals surface area (Å²) in [7, 11) is -3.15. The van der Waals surface area contributed by atoms with Crippen LogP contribution in [-0.2, 0) is 25.8 Å². The highest BCUT2D eigenvalue weighted by atomic mass is 32.2. The van der Waals surface area contributed by atoms with Crippen molar-refractivity contribution in [2.24, 2.45) is 5.10 Å². The van der Waals surface area contributed by atoms with Crippen LogP contribution >= 0.6 is 11.3 Å². The van der Waals surface area contributed by atoms with E-state index in [-0.39, 0.29) is 36.0 Å². The van der Waals surface area contributed by atoms with Crippen LogP contribution in [0.1, 0.15) is 31.7 Å². The lowest BCUT2D eigenvalue weighted by molar-refractivity contribution is -0.133. The Bertz CT molecular complexity index is 1110. The van der Waals surface area contributed by atoms with Gasteiger partial charge in [-0.15, -0.1) is 11.3 Å². The van der Waals surface area contributed by atoms with Crippen molar-refractivity contribution in [1.29, 1.82) is 0 Å². The van der Waals surface area contributed by atoms with Crippen molar-refractivity contribution in [3.63, 3.8) is 0 Å². The fourth-order valence-corrected chi connectivity index (χ4v) is 5.94. The molecule has 1 N–H and O–H groups in total. The van der Waals surface area contributed by atoms with Crippen LogP contribution in [0, 0.1) is 0 Å². The third kappa shape index (κ3) is 4.44. The predicted molar refractivity (Wildman–Crippen MR) is 116 cm³/mol. The van der Waals surface area contributed by atoms with E-state index in [1.807, 2.05) is 17.5 Å². The standard InChI is InChI=1S/C20H22N4O4S2/c1-2-13-3-5-14(6-4-13)17-11-29-20(21-17)22-19(26)16-7-8-18(25)24(23-16)15-9-10-30(27,28)12-15/h3-6,11,15H,2,7-10,12H2,1H3,(H,21,22,26). The second-order valence-electron chi connectivity index (χ2n) is 7.38. The number of nitrogens with zero attached hydrogens (tertiary/aromatic N) is 3. The molecule has 10 heteroatoms. The largest absolute Gasteiger partial charge is 0.297 e. The number of thiazole rings is 1. The maximum absolute atomic E-state index is 12.7. The third-order valence-electron chi connectivity index (χ3n) is 5.26. The number of carbonyl (C=O) groups excluding carboxylic acids is 2. The van der Waals surface area contributed by atoms with E-state index >= 15 is 0 Å². The van der Waals surface area contributed by atoms with E-state index < -0.39 is 21.8 Å². The maximum Gasteiger partial charge on any atom is 0.273 e. The number of benzene rings is 1. The van der Waals surface area contributed by atoms with E-state index in [0.717, 1.165) is 17.7 Å². The van der Waals surface area contributed by atoms with Crippen LogP contribution in [0.5, 0.6) is 0 Å². The molecular weight excluding hydrogens is 424 g/mol. The minimum absolute atomic E-state index is 0.0413. The normalized spacial score (nSPS) is 20.8. The van der Waals surface area contributed by atoms with Crippen molar-refractivity contribution in [3.05, 3.63) is 35.2 Å². The van der Waals surface area contributed by atoms with E-state index in [9.17, 15) is 18.0 Å². The topological polar surface area (TPSA) is 109 Å². The molecular formula is C20H22N4O4S2. The second-order valence-corrected chi connectivity index (χ2v) is 10.5. The van der Waals surface area contributed by atoms with Crippen LogP contribution in [0.2, 0.25) is 0 Å². The number of rotatable bonds is 5. The molecule has 1 unspecified atom stereocenters. The average Bonchev–Trinajstić information content (AvgIpc) is 3.34. The first-order valence-electron chi connectivity index (χ1n) is 9.81. The molecule has 3 heterocycles. The molecule has 2 aliphatic rings. The van der Waals surface area contributed by atoms with E-state index in [0.29, 0.717) is 11.6 Å². The first kappa shape index (κ1) is 20.7. The summed E-state index contributed by atoms with van der Waals surface area (Å²) in [5.74, 6) is -0.736. The Morgan fingerprint density at radius 1 is 1.27 bits per heavy atom. The molecule has 1 aromatic carbocycles. The second kappa shape index (κ2) is 8.27. The molecule has 0 saturated carbocycles. The lowest BCUT2D eigenvalue weighted by Gasteiger charge is -2.27. The third-order valence-corrected chi connectivity index (χ3v) is 7.77. The monoisotopic (exact) mass is 446 g/mol. The van der Waals surface area contributed by atoms with Gasteiger partial charge in [0.1, 0.15) is 5.71 Å². The van der Waals surface area contributed by atoms with Gasteiger partial charge in [-0.25, -0.2) is 18.4 Å².